The molecule has 0 saturated heterocycles. The van der Waals surface area contributed by atoms with Crippen LogP contribution in [0.15, 0.2) is 0 Å². The monoisotopic (exact) mass is 256 g/mol. The predicted octanol–water partition coefficient (Wildman–Crippen LogP) is 1.27. The molecule has 5 nitrogen and oxygen atoms in total. The number of carboxylic acid groups (broad SMARTS) is 1. The molecule has 0 radical (unpaired) electrons. The molecule has 1 atom stereocenters. The number of carbonyl (C=O) groups excluding carboxylic acids is 1. The average Bonchev–Trinajstić information content (AvgIpc) is 2.56. The van der Waals surface area contributed by atoms with E-state index in [0.29, 0.717) is 25.8 Å². The van der Waals surface area contributed by atoms with Gasteiger partial charge in [-0.2, -0.15) is 0 Å². The van der Waals surface area contributed by atoms with Crippen molar-refractivity contribution in [2.45, 2.75) is 57.4 Å². The molecular weight excluding hydrogens is 232 g/mol. The van der Waals surface area contributed by atoms with Crippen LogP contribution in [0.4, 0.5) is 0 Å². The minimum absolute atomic E-state index is 0.190. The van der Waals surface area contributed by atoms with Gasteiger partial charge in [0.05, 0.1) is 0 Å². The number of hydrogen-bond acceptors (Lipinski definition) is 3. The van der Waals surface area contributed by atoms with E-state index in [1.165, 1.54) is 0 Å². The lowest BCUT2D eigenvalue weighted by Gasteiger charge is -2.30. The molecule has 1 saturated carbocycles. The SMILES string of the molecule is CC(CCN)C(=O)NC1(C(=O)O)CCCCCC1. The number of hydrogen-bond donors (Lipinski definition) is 3. The number of rotatable bonds is 5. The van der Waals surface area contributed by atoms with Crippen molar-refractivity contribution in [3.05, 3.63) is 0 Å². The zero-order chi connectivity index (χ0) is 13.6. The summed E-state index contributed by atoms with van der Waals surface area (Å²) >= 11 is 0. The topological polar surface area (TPSA) is 92.4 Å². The Morgan fingerprint density at radius 3 is 2.28 bits per heavy atom. The maximum Gasteiger partial charge on any atom is 0.329 e. The van der Waals surface area contributed by atoms with Crippen LogP contribution in [0.1, 0.15) is 51.9 Å². The molecule has 1 rings (SSSR count). The molecule has 0 aliphatic heterocycles. The standard InChI is InChI=1S/C13H24N2O3/c1-10(6-9-14)11(16)15-13(12(17)18)7-4-2-3-5-8-13/h10H,2-9,14H2,1H3,(H,15,16)(H,17,18). The van der Waals surface area contributed by atoms with Gasteiger partial charge in [-0.3, -0.25) is 4.79 Å². The average molecular weight is 256 g/mol. The second kappa shape index (κ2) is 6.73. The summed E-state index contributed by atoms with van der Waals surface area (Å²) < 4.78 is 0. The molecule has 0 bridgehead atoms. The number of nitrogens with one attached hydrogen (secondary N) is 1. The second-order valence-corrected chi connectivity index (χ2v) is 5.27. The minimum Gasteiger partial charge on any atom is -0.480 e. The van der Waals surface area contributed by atoms with Gasteiger partial charge in [0.2, 0.25) is 5.91 Å². The van der Waals surface area contributed by atoms with Gasteiger partial charge in [-0.05, 0) is 25.8 Å². The van der Waals surface area contributed by atoms with E-state index in [1.54, 1.807) is 6.92 Å². The highest BCUT2D eigenvalue weighted by Gasteiger charge is 2.40. The summed E-state index contributed by atoms with van der Waals surface area (Å²) in [6.07, 6.45) is 5.45. The molecule has 0 heterocycles. The quantitative estimate of drug-likeness (QED) is 0.646. The molecule has 1 fully saturated rings. The fraction of sp³-hybridized carbons (Fsp3) is 0.846. The smallest absolute Gasteiger partial charge is 0.329 e. The number of carboxylic acids is 1. The molecule has 4 N–H and O–H groups in total. The number of amides is 1. The first-order valence-electron chi connectivity index (χ1n) is 6.77. The lowest BCUT2D eigenvalue weighted by molar-refractivity contribution is -0.149. The van der Waals surface area contributed by atoms with Gasteiger partial charge >= 0.3 is 5.97 Å². The summed E-state index contributed by atoms with van der Waals surface area (Å²) in [5, 5.41) is 12.2. The molecule has 0 aromatic carbocycles. The minimum atomic E-state index is -1.06. The Morgan fingerprint density at radius 2 is 1.83 bits per heavy atom. The van der Waals surface area contributed by atoms with Crippen LogP contribution >= 0.6 is 0 Å². The van der Waals surface area contributed by atoms with Crippen molar-refractivity contribution in [3.63, 3.8) is 0 Å². The van der Waals surface area contributed by atoms with Gasteiger partial charge in [0, 0.05) is 5.92 Å². The molecule has 1 unspecified atom stereocenters. The Hall–Kier alpha value is -1.10. The fourth-order valence-corrected chi connectivity index (χ4v) is 2.46. The van der Waals surface area contributed by atoms with Gasteiger partial charge in [-0.1, -0.05) is 32.6 Å². The van der Waals surface area contributed by atoms with Crippen molar-refractivity contribution in [1.29, 1.82) is 0 Å². The maximum absolute atomic E-state index is 12.0. The number of carbonyl (C=O) groups is 2. The van der Waals surface area contributed by atoms with E-state index >= 15 is 0 Å². The molecule has 5 heteroatoms. The number of aliphatic carboxylic acids is 1. The van der Waals surface area contributed by atoms with E-state index < -0.39 is 11.5 Å². The summed E-state index contributed by atoms with van der Waals surface area (Å²) in [5.41, 5.74) is 4.36. The largest absolute Gasteiger partial charge is 0.480 e. The molecule has 0 spiro atoms. The van der Waals surface area contributed by atoms with Gasteiger partial charge in [0.1, 0.15) is 5.54 Å². The Balaban J connectivity index is 2.72. The van der Waals surface area contributed by atoms with Crippen LogP contribution in [-0.4, -0.2) is 29.1 Å². The lowest BCUT2D eigenvalue weighted by atomic mass is 9.89. The summed E-state index contributed by atoms with van der Waals surface area (Å²) in [6.45, 7) is 2.23. The van der Waals surface area contributed by atoms with Gasteiger partial charge in [0.15, 0.2) is 0 Å². The third-order valence-corrected chi connectivity index (χ3v) is 3.78. The van der Waals surface area contributed by atoms with E-state index in [2.05, 4.69) is 5.32 Å². The van der Waals surface area contributed by atoms with Gasteiger partial charge in [0.25, 0.3) is 0 Å². The lowest BCUT2D eigenvalue weighted by Crippen LogP contribution is -2.55. The first-order chi connectivity index (χ1) is 8.52. The Bertz CT molecular complexity index is 297. The first-order valence-corrected chi connectivity index (χ1v) is 6.77. The Kier molecular flexibility index (Phi) is 5.59. The first kappa shape index (κ1) is 15.0. The van der Waals surface area contributed by atoms with Crippen LogP contribution in [0.5, 0.6) is 0 Å². The molecule has 0 aromatic rings. The third kappa shape index (κ3) is 3.70. The zero-order valence-corrected chi connectivity index (χ0v) is 11.1. The van der Waals surface area contributed by atoms with Gasteiger partial charge in [-0.25, -0.2) is 4.79 Å². The highest BCUT2D eigenvalue weighted by atomic mass is 16.4. The maximum atomic E-state index is 12.0. The normalized spacial score (nSPS) is 20.8. The molecule has 1 amide bonds. The van der Waals surface area contributed by atoms with Crippen LogP contribution < -0.4 is 11.1 Å². The van der Waals surface area contributed by atoms with Crippen molar-refractivity contribution >= 4 is 11.9 Å². The summed E-state index contributed by atoms with van der Waals surface area (Å²) in [7, 11) is 0. The molecular formula is C13H24N2O3. The van der Waals surface area contributed by atoms with Crippen LogP contribution in [-0.2, 0) is 9.59 Å². The van der Waals surface area contributed by atoms with E-state index in [0.717, 1.165) is 25.7 Å². The van der Waals surface area contributed by atoms with Crippen molar-refractivity contribution in [1.82, 2.24) is 5.32 Å². The highest BCUT2D eigenvalue weighted by Crippen LogP contribution is 2.28. The van der Waals surface area contributed by atoms with Crippen molar-refractivity contribution in [2.24, 2.45) is 11.7 Å². The van der Waals surface area contributed by atoms with E-state index in [4.69, 9.17) is 5.73 Å². The van der Waals surface area contributed by atoms with Gasteiger partial charge in [-0.15, -0.1) is 0 Å². The highest BCUT2D eigenvalue weighted by molar-refractivity contribution is 5.88. The van der Waals surface area contributed by atoms with E-state index in [9.17, 15) is 14.7 Å². The van der Waals surface area contributed by atoms with Crippen molar-refractivity contribution in [2.75, 3.05) is 6.54 Å². The third-order valence-electron chi connectivity index (χ3n) is 3.78. The van der Waals surface area contributed by atoms with Crippen LogP contribution in [0.2, 0.25) is 0 Å². The van der Waals surface area contributed by atoms with E-state index in [-0.39, 0.29) is 11.8 Å². The fourth-order valence-electron chi connectivity index (χ4n) is 2.46. The van der Waals surface area contributed by atoms with E-state index in [1.807, 2.05) is 0 Å². The molecule has 0 aromatic heterocycles. The summed E-state index contributed by atoms with van der Waals surface area (Å²) in [4.78, 5) is 23.5. The van der Waals surface area contributed by atoms with Crippen LogP contribution in [0.25, 0.3) is 0 Å². The van der Waals surface area contributed by atoms with Crippen molar-refractivity contribution in [3.8, 4) is 0 Å². The summed E-state index contributed by atoms with van der Waals surface area (Å²) in [6, 6.07) is 0. The second-order valence-electron chi connectivity index (χ2n) is 5.27. The Labute approximate surface area is 108 Å². The Morgan fingerprint density at radius 1 is 1.28 bits per heavy atom. The number of nitrogens with two attached hydrogens (primary N) is 1. The van der Waals surface area contributed by atoms with Crippen molar-refractivity contribution < 1.29 is 14.7 Å². The van der Waals surface area contributed by atoms with Crippen LogP contribution in [0.3, 0.4) is 0 Å². The molecule has 104 valence electrons. The van der Waals surface area contributed by atoms with Gasteiger partial charge < -0.3 is 16.2 Å². The zero-order valence-electron chi connectivity index (χ0n) is 11.1. The van der Waals surface area contributed by atoms with Crippen LogP contribution in [0, 0.1) is 5.92 Å². The molecule has 1 aliphatic carbocycles. The predicted molar refractivity (Wildman–Crippen MR) is 69.0 cm³/mol. The molecule has 1 aliphatic rings. The molecule has 18 heavy (non-hydrogen) atoms. The summed E-state index contributed by atoms with van der Waals surface area (Å²) in [5.74, 6) is -1.32.